The number of hydrogen-bond acceptors (Lipinski definition) is 5. The van der Waals surface area contributed by atoms with Crippen LogP contribution >= 0.6 is 0 Å². The highest BCUT2D eigenvalue weighted by atomic mass is 19.4. The van der Waals surface area contributed by atoms with Gasteiger partial charge in [-0.15, -0.1) is 0 Å². The molecule has 1 aliphatic rings. The number of rotatable bonds is 6. The molecule has 24 heavy (non-hydrogen) atoms. The number of alkyl halides is 3. The summed E-state index contributed by atoms with van der Waals surface area (Å²) in [6, 6.07) is -0.268. The van der Waals surface area contributed by atoms with Crippen LogP contribution in [0.4, 0.5) is 18.9 Å². The van der Waals surface area contributed by atoms with Crippen molar-refractivity contribution in [3.05, 3.63) is 22.1 Å². The first kappa shape index (κ1) is 18.2. The standard InChI is InChI=1S/C14H18F3N3O4/c1-8(13(22)23)24-6-4-9-3-2-5-20(9)10-7-18-19-12(21)11(10)14(15,16)17/h7-9H,2-6H2,1H3,(H,19,21)(H,22,23)/t8?,9-/m0/s1. The Labute approximate surface area is 135 Å². The van der Waals surface area contributed by atoms with E-state index in [4.69, 9.17) is 9.84 Å². The molecule has 0 aromatic carbocycles. The largest absolute Gasteiger partial charge is 0.479 e. The Bertz CT molecular complexity index is 647. The number of nitrogens with one attached hydrogen (secondary N) is 1. The van der Waals surface area contributed by atoms with Crippen molar-refractivity contribution in [2.45, 2.75) is 44.5 Å². The van der Waals surface area contributed by atoms with Gasteiger partial charge in [-0.2, -0.15) is 18.3 Å². The molecule has 2 heterocycles. The van der Waals surface area contributed by atoms with Crippen molar-refractivity contribution in [1.82, 2.24) is 10.2 Å². The number of aromatic nitrogens is 2. The van der Waals surface area contributed by atoms with E-state index in [-0.39, 0.29) is 18.3 Å². The fourth-order valence-corrected chi connectivity index (χ4v) is 2.79. The monoisotopic (exact) mass is 349 g/mol. The third kappa shape index (κ3) is 4.05. The van der Waals surface area contributed by atoms with Crippen LogP contribution in [-0.2, 0) is 15.7 Å². The van der Waals surface area contributed by atoms with Crippen molar-refractivity contribution in [3.8, 4) is 0 Å². The van der Waals surface area contributed by atoms with Crippen molar-refractivity contribution in [2.75, 3.05) is 18.1 Å². The average molecular weight is 349 g/mol. The number of carboxylic acids is 1. The van der Waals surface area contributed by atoms with Crippen LogP contribution < -0.4 is 10.5 Å². The molecule has 0 aliphatic carbocycles. The molecule has 2 N–H and O–H groups in total. The van der Waals surface area contributed by atoms with Crippen molar-refractivity contribution >= 4 is 11.7 Å². The summed E-state index contributed by atoms with van der Waals surface area (Å²) in [5.41, 5.74) is -2.79. The summed E-state index contributed by atoms with van der Waals surface area (Å²) in [7, 11) is 0. The highest BCUT2D eigenvalue weighted by Crippen LogP contribution is 2.36. The van der Waals surface area contributed by atoms with Gasteiger partial charge < -0.3 is 14.7 Å². The van der Waals surface area contributed by atoms with E-state index in [1.165, 1.54) is 11.8 Å². The second-order valence-corrected chi connectivity index (χ2v) is 5.59. The lowest BCUT2D eigenvalue weighted by molar-refractivity contribution is -0.149. The van der Waals surface area contributed by atoms with E-state index in [1.54, 1.807) is 0 Å². The van der Waals surface area contributed by atoms with Gasteiger partial charge in [-0.25, -0.2) is 9.89 Å². The van der Waals surface area contributed by atoms with E-state index in [0.717, 1.165) is 6.20 Å². The fraction of sp³-hybridized carbons (Fsp3) is 0.643. The lowest BCUT2D eigenvalue weighted by Crippen LogP contribution is -2.35. The van der Waals surface area contributed by atoms with Gasteiger partial charge >= 0.3 is 12.1 Å². The van der Waals surface area contributed by atoms with E-state index in [2.05, 4.69) is 5.10 Å². The summed E-state index contributed by atoms with van der Waals surface area (Å²) in [5, 5.41) is 14.0. The van der Waals surface area contributed by atoms with Crippen molar-refractivity contribution in [3.63, 3.8) is 0 Å². The Morgan fingerprint density at radius 1 is 1.58 bits per heavy atom. The molecule has 1 aromatic rings. The predicted molar refractivity (Wildman–Crippen MR) is 77.9 cm³/mol. The van der Waals surface area contributed by atoms with Crippen LogP contribution in [0.2, 0.25) is 0 Å². The topological polar surface area (TPSA) is 95.5 Å². The van der Waals surface area contributed by atoms with Crippen LogP contribution in [0, 0.1) is 0 Å². The smallest absolute Gasteiger partial charge is 0.423 e. The number of hydrogen-bond donors (Lipinski definition) is 2. The maximum Gasteiger partial charge on any atom is 0.423 e. The number of aromatic amines is 1. The molecule has 1 aromatic heterocycles. The third-order valence-electron chi connectivity index (χ3n) is 3.97. The normalized spacial score (nSPS) is 19.5. The highest BCUT2D eigenvalue weighted by Gasteiger charge is 2.40. The van der Waals surface area contributed by atoms with Crippen molar-refractivity contribution in [1.29, 1.82) is 0 Å². The zero-order valence-electron chi connectivity index (χ0n) is 13.0. The molecule has 7 nitrogen and oxygen atoms in total. The average Bonchev–Trinajstić information content (AvgIpc) is 2.93. The van der Waals surface area contributed by atoms with Gasteiger partial charge in [-0.3, -0.25) is 4.79 Å². The van der Waals surface area contributed by atoms with Gasteiger partial charge in [0.25, 0.3) is 5.56 Å². The Morgan fingerprint density at radius 3 is 2.92 bits per heavy atom. The molecule has 1 saturated heterocycles. The van der Waals surface area contributed by atoms with Crippen LogP contribution in [0.1, 0.15) is 31.7 Å². The third-order valence-corrected chi connectivity index (χ3v) is 3.97. The number of aliphatic carboxylic acids is 1. The van der Waals surface area contributed by atoms with Gasteiger partial charge in [0.05, 0.1) is 11.9 Å². The maximum atomic E-state index is 13.2. The molecule has 10 heteroatoms. The van der Waals surface area contributed by atoms with E-state index in [1.807, 2.05) is 5.10 Å². The SMILES string of the molecule is CC(OCC[C@@H]1CCCN1c1cn[nH]c(=O)c1C(F)(F)F)C(=O)O. The molecule has 1 aliphatic heterocycles. The minimum atomic E-state index is -4.78. The van der Waals surface area contributed by atoms with Gasteiger partial charge in [-0.05, 0) is 26.2 Å². The van der Waals surface area contributed by atoms with E-state index in [9.17, 15) is 22.8 Å². The first-order valence-electron chi connectivity index (χ1n) is 7.47. The molecule has 2 rings (SSSR count). The molecular weight excluding hydrogens is 331 g/mol. The van der Waals surface area contributed by atoms with Crippen LogP contribution in [0.5, 0.6) is 0 Å². The molecule has 2 atom stereocenters. The number of carboxylic acid groups (broad SMARTS) is 1. The summed E-state index contributed by atoms with van der Waals surface area (Å²) in [4.78, 5) is 23.8. The van der Waals surface area contributed by atoms with Crippen LogP contribution in [0.3, 0.4) is 0 Å². The second-order valence-electron chi connectivity index (χ2n) is 5.59. The Balaban J connectivity index is 2.15. The summed E-state index contributed by atoms with van der Waals surface area (Å²) in [6.45, 7) is 1.86. The minimum Gasteiger partial charge on any atom is -0.479 e. The van der Waals surface area contributed by atoms with Gasteiger partial charge in [0.1, 0.15) is 5.56 Å². The fourth-order valence-electron chi connectivity index (χ4n) is 2.79. The number of nitrogens with zero attached hydrogens (tertiary/aromatic N) is 2. The summed E-state index contributed by atoms with van der Waals surface area (Å²) < 4.78 is 44.7. The van der Waals surface area contributed by atoms with Gasteiger partial charge in [0.15, 0.2) is 6.10 Å². The van der Waals surface area contributed by atoms with Crippen LogP contribution in [0.25, 0.3) is 0 Å². The van der Waals surface area contributed by atoms with Crippen molar-refractivity contribution < 1.29 is 27.8 Å². The summed E-state index contributed by atoms with van der Waals surface area (Å²) in [6.07, 6.45) is -3.09. The summed E-state index contributed by atoms with van der Waals surface area (Å²) >= 11 is 0. The molecule has 0 spiro atoms. The zero-order chi connectivity index (χ0) is 17.9. The lowest BCUT2D eigenvalue weighted by atomic mass is 10.1. The number of halogens is 3. The molecule has 1 unspecified atom stereocenters. The Morgan fingerprint density at radius 2 is 2.29 bits per heavy atom. The van der Waals surface area contributed by atoms with E-state index in [0.29, 0.717) is 25.8 Å². The van der Waals surface area contributed by atoms with E-state index >= 15 is 0 Å². The number of anilines is 1. The molecule has 0 saturated carbocycles. The Hall–Kier alpha value is -2.10. The first-order valence-corrected chi connectivity index (χ1v) is 7.47. The highest BCUT2D eigenvalue weighted by molar-refractivity contribution is 5.71. The van der Waals surface area contributed by atoms with Crippen molar-refractivity contribution in [2.24, 2.45) is 0 Å². The number of carbonyl (C=O) groups is 1. The first-order chi connectivity index (χ1) is 11.2. The zero-order valence-corrected chi connectivity index (χ0v) is 13.0. The van der Waals surface area contributed by atoms with Crippen LogP contribution in [-0.4, -0.2) is 46.6 Å². The number of H-pyrrole nitrogens is 1. The second kappa shape index (κ2) is 7.20. The lowest BCUT2D eigenvalue weighted by Gasteiger charge is -2.28. The minimum absolute atomic E-state index is 0.104. The molecule has 0 radical (unpaired) electrons. The van der Waals surface area contributed by atoms with Gasteiger partial charge in [-0.1, -0.05) is 0 Å². The van der Waals surface area contributed by atoms with E-state index < -0.39 is 29.4 Å². The van der Waals surface area contributed by atoms with Gasteiger partial charge in [0.2, 0.25) is 0 Å². The number of ether oxygens (including phenoxy) is 1. The molecule has 134 valence electrons. The maximum absolute atomic E-state index is 13.2. The molecule has 0 amide bonds. The van der Waals surface area contributed by atoms with Crippen LogP contribution in [0.15, 0.2) is 11.0 Å². The molecule has 0 bridgehead atoms. The molecule has 1 fully saturated rings. The predicted octanol–water partition coefficient (Wildman–Crippen LogP) is 1.64. The summed E-state index contributed by atoms with van der Waals surface area (Å²) in [5.74, 6) is -1.10. The Kier molecular flexibility index (Phi) is 5.47. The quantitative estimate of drug-likeness (QED) is 0.811. The van der Waals surface area contributed by atoms with Gasteiger partial charge in [0, 0.05) is 19.2 Å². The molecular formula is C14H18F3N3O4.